The fourth-order valence-electron chi connectivity index (χ4n) is 2.21. The number of rotatable bonds is 5. The fourth-order valence-corrected chi connectivity index (χ4v) is 3.25. The van der Waals surface area contributed by atoms with Crippen LogP contribution in [0.25, 0.3) is 0 Å². The van der Waals surface area contributed by atoms with E-state index in [0.717, 1.165) is 31.4 Å². The maximum Gasteiger partial charge on any atom is 0.240 e. The molecular weight excluding hydrogens is 284 g/mol. The summed E-state index contributed by atoms with van der Waals surface area (Å²) in [4.78, 5) is -0.256. The van der Waals surface area contributed by atoms with Crippen molar-refractivity contribution in [1.82, 2.24) is 4.72 Å². The van der Waals surface area contributed by atoms with E-state index in [2.05, 4.69) is 10.8 Å². The molecule has 0 fully saturated rings. The van der Waals surface area contributed by atoms with Gasteiger partial charge in [0, 0.05) is 6.54 Å². The van der Waals surface area contributed by atoms with Gasteiger partial charge in [0.1, 0.15) is 0 Å². The first-order chi connectivity index (χ1) is 9.49. The van der Waals surface area contributed by atoms with Crippen LogP contribution >= 0.6 is 0 Å². The number of nitrogens with one attached hydrogen (secondary N) is 1. The summed E-state index contributed by atoms with van der Waals surface area (Å²) < 4.78 is 52.1. The van der Waals surface area contributed by atoms with E-state index in [0.29, 0.717) is 12.5 Å². The Bertz CT molecular complexity index is 612. The van der Waals surface area contributed by atoms with Crippen molar-refractivity contribution in [2.75, 3.05) is 6.54 Å². The molecule has 1 N–H and O–H groups in total. The summed E-state index contributed by atoms with van der Waals surface area (Å²) in [5, 5.41) is 0. The molecular formula is C14H17F2NO2S. The van der Waals surface area contributed by atoms with Gasteiger partial charge in [-0.15, -0.1) is 0 Å². The molecule has 0 amide bonds. The second-order valence-corrected chi connectivity index (χ2v) is 6.60. The predicted octanol–water partition coefficient (Wildman–Crippen LogP) is 3.13. The summed E-state index contributed by atoms with van der Waals surface area (Å²) in [5.41, 5.74) is 1.25. The van der Waals surface area contributed by atoms with Crippen LogP contribution in [0.1, 0.15) is 32.1 Å². The lowest BCUT2D eigenvalue weighted by Crippen LogP contribution is -2.25. The largest absolute Gasteiger partial charge is 0.240 e. The Hall–Kier alpha value is -1.27. The van der Waals surface area contributed by atoms with Crippen LogP contribution in [0.5, 0.6) is 0 Å². The van der Waals surface area contributed by atoms with Gasteiger partial charge in [-0.3, -0.25) is 0 Å². The summed E-state index contributed by atoms with van der Waals surface area (Å²) in [6.07, 6.45) is 7.18. The van der Waals surface area contributed by atoms with E-state index in [1.165, 1.54) is 12.0 Å². The highest BCUT2D eigenvalue weighted by molar-refractivity contribution is 7.89. The lowest BCUT2D eigenvalue weighted by atomic mass is 9.97. The Morgan fingerprint density at radius 2 is 1.95 bits per heavy atom. The maximum atomic E-state index is 13.0. The van der Waals surface area contributed by atoms with Crippen LogP contribution in [-0.4, -0.2) is 15.0 Å². The van der Waals surface area contributed by atoms with E-state index in [1.54, 1.807) is 0 Å². The van der Waals surface area contributed by atoms with Gasteiger partial charge in [0.25, 0.3) is 0 Å². The third kappa shape index (κ3) is 3.86. The van der Waals surface area contributed by atoms with Gasteiger partial charge >= 0.3 is 0 Å². The van der Waals surface area contributed by atoms with E-state index in [9.17, 15) is 17.2 Å². The molecule has 0 saturated carbocycles. The normalized spacial score (nSPS) is 16.0. The van der Waals surface area contributed by atoms with Crippen LogP contribution < -0.4 is 4.72 Å². The molecule has 0 unspecified atom stereocenters. The SMILES string of the molecule is O=S(=O)(NCCC1=CCCCC1)c1ccc(F)c(F)c1. The summed E-state index contributed by atoms with van der Waals surface area (Å²) in [5.74, 6) is -2.22. The number of sulfonamides is 1. The minimum Gasteiger partial charge on any atom is -0.211 e. The monoisotopic (exact) mass is 301 g/mol. The van der Waals surface area contributed by atoms with Gasteiger partial charge in [-0.05, 0) is 50.3 Å². The summed E-state index contributed by atoms with van der Waals surface area (Å²) in [6, 6.07) is 2.56. The minimum atomic E-state index is -3.78. The molecule has 0 aromatic heterocycles. The van der Waals surface area contributed by atoms with Gasteiger partial charge in [-0.1, -0.05) is 11.6 Å². The Kier molecular flexibility index (Phi) is 4.88. The molecule has 1 aromatic rings. The molecule has 0 bridgehead atoms. The predicted molar refractivity (Wildman–Crippen MR) is 72.7 cm³/mol. The lowest BCUT2D eigenvalue weighted by Gasteiger charge is -2.13. The summed E-state index contributed by atoms with van der Waals surface area (Å²) in [7, 11) is -3.78. The number of benzene rings is 1. The van der Waals surface area contributed by atoms with E-state index in [1.807, 2.05) is 0 Å². The smallest absolute Gasteiger partial charge is 0.211 e. The molecule has 1 aliphatic carbocycles. The van der Waals surface area contributed by atoms with Gasteiger partial charge in [-0.25, -0.2) is 21.9 Å². The zero-order chi connectivity index (χ0) is 14.6. The average Bonchev–Trinajstić information content (AvgIpc) is 2.43. The zero-order valence-corrected chi connectivity index (χ0v) is 11.8. The second kappa shape index (κ2) is 6.45. The molecule has 2 rings (SSSR count). The average molecular weight is 301 g/mol. The van der Waals surface area contributed by atoms with E-state index >= 15 is 0 Å². The van der Waals surface area contributed by atoms with Crippen molar-refractivity contribution in [3.8, 4) is 0 Å². The molecule has 20 heavy (non-hydrogen) atoms. The summed E-state index contributed by atoms with van der Waals surface area (Å²) >= 11 is 0. The van der Waals surface area contributed by atoms with Crippen molar-refractivity contribution in [2.24, 2.45) is 0 Å². The molecule has 0 heterocycles. The van der Waals surface area contributed by atoms with Crippen LogP contribution in [0.4, 0.5) is 8.78 Å². The van der Waals surface area contributed by atoms with Crippen molar-refractivity contribution in [3.05, 3.63) is 41.5 Å². The van der Waals surface area contributed by atoms with Crippen molar-refractivity contribution >= 4 is 10.0 Å². The van der Waals surface area contributed by atoms with Gasteiger partial charge in [0.2, 0.25) is 10.0 Å². The highest BCUT2D eigenvalue weighted by Crippen LogP contribution is 2.20. The van der Waals surface area contributed by atoms with Gasteiger partial charge in [0.05, 0.1) is 4.90 Å². The topological polar surface area (TPSA) is 46.2 Å². The molecule has 0 radical (unpaired) electrons. The highest BCUT2D eigenvalue weighted by atomic mass is 32.2. The van der Waals surface area contributed by atoms with Crippen molar-refractivity contribution < 1.29 is 17.2 Å². The molecule has 1 aliphatic rings. The fraction of sp³-hybridized carbons (Fsp3) is 0.429. The van der Waals surface area contributed by atoms with E-state index in [-0.39, 0.29) is 11.4 Å². The standard InChI is InChI=1S/C14H17F2NO2S/c15-13-7-6-12(10-14(13)16)20(18,19)17-9-8-11-4-2-1-3-5-11/h4,6-7,10,17H,1-3,5,8-9H2. The number of halogens is 2. The van der Waals surface area contributed by atoms with Gasteiger partial charge < -0.3 is 0 Å². The second-order valence-electron chi connectivity index (χ2n) is 4.83. The molecule has 3 nitrogen and oxygen atoms in total. The lowest BCUT2D eigenvalue weighted by molar-refractivity contribution is 0.504. The van der Waals surface area contributed by atoms with Crippen LogP contribution in [0.3, 0.4) is 0 Å². The van der Waals surface area contributed by atoms with Crippen LogP contribution in [-0.2, 0) is 10.0 Å². The molecule has 110 valence electrons. The minimum absolute atomic E-state index is 0.256. The van der Waals surface area contributed by atoms with Crippen molar-refractivity contribution in [2.45, 2.75) is 37.0 Å². The molecule has 0 spiro atoms. The Morgan fingerprint density at radius 1 is 1.15 bits per heavy atom. The quantitative estimate of drug-likeness (QED) is 0.849. The third-order valence-corrected chi connectivity index (χ3v) is 4.78. The first-order valence-corrected chi connectivity index (χ1v) is 8.10. The zero-order valence-electron chi connectivity index (χ0n) is 11.0. The summed E-state index contributed by atoms with van der Waals surface area (Å²) in [6.45, 7) is 0.271. The Balaban J connectivity index is 1.96. The number of hydrogen-bond donors (Lipinski definition) is 1. The number of allylic oxidation sites excluding steroid dienone is 1. The maximum absolute atomic E-state index is 13.0. The Morgan fingerprint density at radius 3 is 2.60 bits per heavy atom. The van der Waals surface area contributed by atoms with E-state index < -0.39 is 21.7 Å². The van der Waals surface area contributed by atoms with Gasteiger partial charge in [0.15, 0.2) is 11.6 Å². The van der Waals surface area contributed by atoms with Gasteiger partial charge in [-0.2, -0.15) is 0 Å². The first-order valence-electron chi connectivity index (χ1n) is 6.62. The molecule has 0 saturated heterocycles. The molecule has 0 aliphatic heterocycles. The number of hydrogen-bond acceptors (Lipinski definition) is 2. The van der Waals surface area contributed by atoms with Crippen LogP contribution in [0.15, 0.2) is 34.7 Å². The third-order valence-electron chi connectivity index (χ3n) is 3.32. The molecule has 6 heteroatoms. The van der Waals surface area contributed by atoms with Crippen molar-refractivity contribution in [3.63, 3.8) is 0 Å². The van der Waals surface area contributed by atoms with Crippen molar-refractivity contribution in [1.29, 1.82) is 0 Å². The first kappa shape index (κ1) is 15.1. The Labute approximate surface area is 117 Å². The van der Waals surface area contributed by atoms with E-state index in [4.69, 9.17) is 0 Å². The molecule has 0 atom stereocenters. The van der Waals surface area contributed by atoms with Crippen LogP contribution in [0, 0.1) is 11.6 Å². The highest BCUT2D eigenvalue weighted by Gasteiger charge is 2.16. The molecule has 1 aromatic carbocycles. The van der Waals surface area contributed by atoms with Crippen LogP contribution in [0.2, 0.25) is 0 Å².